The number of nitrogens with zero attached hydrogens (tertiary/aromatic N) is 2. The van der Waals surface area contributed by atoms with E-state index in [2.05, 4.69) is 0 Å². The molecule has 0 fully saturated rings. The molecule has 0 bridgehead atoms. The standard InChI is InChI=1S/C24F16N2O4/c25-7-9(27)13(31)17(14(32)10(7)28)41-19(43)1-2(20(41)44)6(24(38,39)40)4-3(5(1)23(35,36)37)21(45)42(22(4)46)18-15(33)11(29)8(26)12(30)16(18)34. The van der Waals surface area contributed by atoms with Crippen LogP contribution in [0.1, 0.15) is 11.1 Å². The van der Waals surface area contributed by atoms with Crippen molar-refractivity contribution >= 4 is 21.5 Å². The molecule has 2 aromatic heterocycles. The van der Waals surface area contributed by atoms with Crippen molar-refractivity contribution in [3.8, 4) is 11.4 Å². The van der Waals surface area contributed by atoms with Crippen molar-refractivity contribution in [3.05, 3.63) is 111 Å². The van der Waals surface area contributed by atoms with E-state index < -0.39 is 146 Å². The van der Waals surface area contributed by atoms with E-state index >= 15 is 0 Å². The molecule has 242 valence electrons. The lowest BCUT2D eigenvalue weighted by Crippen LogP contribution is -2.29. The normalized spacial score (nSPS) is 12.7. The minimum atomic E-state index is -6.40. The highest BCUT2D eigenvalue weighted by atomic mass is 19.4. The van der Waals surface area contributed by atoms with Crippen LogP contribution in [0.5, 0.6) is 0 Å². The molecule has 0 aliphatic rings. The van der Waals surface area contributed by atoms with Gasteiger partial charge in [0.25, 0.3) is 22.2 Å². The third-order valence-corrected chi connectivity index (χ3v) is 6.56. The van der Waals surface area contributed by atoms with Gasteiger partial charge in [-0.2, -0.15) is 26.3 Å². The van der Waals surface area contributed by atoms with Gasteiger partial charge < -0.3 is 0 Å². The van der Waals surface area contributed by atoms with Gasteiger partial charge in [-0.15, -0.1) is 0 Å². The fourth-order valence-electron chi connectivity index (χ4n) is 4.79. The number of hydrogen-bond acceptors (Lipinski definition) is 4. The second-order valence-electron chi connectivity index (χ2n) is 8.97. The van der Waals surface area contributed by atoms with Gasteiger partial charge >= 0.3 is 12.4 Å². The molecule has 0 saturated carbocycles. The highest BCUT2D eigenvalue weighted by Crippen LogP contribution is 2.44. The monoisotopic (exact) mass is 684 g/mol. The van der Waals surface area contributed by atoms with Gasteiger partial charge in [-0.3, -0.25) is 19.2 Å². The summed E-state index contributed by atoms with van der Waals surface area (Å²) in [4.78, 5) is 52.1. The number of benzene rings is 3. The van der Waals surface area contributed by atoms with Crippen LogP contribution in [0.25, 0.3) is 32.9 Å². The van der Waals surface area contributed by atoms with Crippen molar-refractivity contribution in [1.82, 2.24) is 9.13 Å². The summed E-state index contributed by atoms with van der Waals surface area (Å²) in [5.74, 6) is -30.2. The first kappa shape index (κ1) is 32.2. The molecule has 3 aromatic carbocycles. The van der Waals surface area contributed by atoms with E-state index in [1.807, 2.05) is 0 Å². The first-order valence-electron chi connectivity index (χ1n) is 11.2. The van der Waals surface area contributed by atoms with Crippen LogP contribution < -0.4 is 22.2 Å². The lowest BCUT2D eigenvalue weighted by Gasteiger charge is -2.13. The predicted molar refractivity (Wildman–Crippen MR) is 117 cm³/mol. The zero-order valence-corrected chi connectivity index (χ0v) is 20.6. The first-order chi connectivity index (χ1) is 21.0. The van der Waals surface area contributed by atoms with Crippen LogP contribution >= 0.6 is 0 Å². The maximum atomic E-state index is 14.5. The molecule has 0 aliphatic heterocycles. The Morgan fingerprint density at radius 3 is 0.674 bits per heavy atom. The van der Waals surface area contributed by atoms with Crippen LogP contribution in [0.2, 0.25) is 0 Å². The van der Waals surface area contributed by atoms with Crippen molar-refractivity contribution in [2.75, 3.05) is 0 Å². The van der Waals surface area contributed by atoms with Gasteiger partial charge in [0, 0.05) is 0 Å². The Labute approximate surface area is 236 Å². The molecule has 6 nitrogen and oxygen atoms in total. The lowest BCUT2D eigenvalue weighted by molar-refractivity contribution is -0.137. The minimum Gasteiger partial charge on any atom is -0.268 e. The van der Waals surface area contributed by atoms with E-state index in [0.717, 1.165) is 0 Å². The van der Waals surface area contributed by atoms with E-state index in [4.69, 9.17) is 0 Å². The van der Waals surface area contributed by atoms with Crippen LogP contribution in [0.3, 0.4) is 0 Å². The van der Waals surface area contributed by atoms with Crippen LogP contribution in [0.15, 0.2) is 19.2 Å². The summed E-state index contributed by atoms with van der Waals surface area (Å²) >= 11 is 0. The van der Waals surface area contributed by atoms with Crippen LogP contribution in [-0.2, 0) is 12.4 Å². The van der Waals surface area contributed by atoms with E-state index in [0.29, 0.717) is 0 Å². The summed E-state index contributed by atoms with van der Waals surface area (Å²) in [6.07, 6.45) is -12.8. The van der Waals surface area contributed by atoms with Gasteiger partial charge in [0.2, 0.25) is 11.6 Å². The lowest BCUT2D eigenvalue weighted by atomic mass is 9.96. The largest absolute Gasteiger partial charge is 0.418 e. The zero-order chi connectivity index (χ0) is 34.9. The summed E-state index contributed by atoms with van der Waals surface area (Å²) in [5, 5.41) is -10.7. The highest BCUT2D eigenvalue weighted by Gasteiger charge is 2.48. The van der Waals surface area contributed by atoms with Gasteiger partial charge in [-0.1, -0.05) is 0 Å². The average molecular weight is 684 g/mol. The van der Waals surface area contributed by atoms with Crippen molar-refractivity contribution in [2.45, 2.75) is 12.4 Å². The maximum Gasteiger partial charge on any atom is 0.418 e. The Bertz CT molecular complexity index is 2120. The van der Waals surface area contributed by atoms with E-state index in [9.17, 15) is 89.4 Å². The van der Waals surface area contributed by atoms with Crippen molar-refractivity contribution in [1.29, 1.82) is 0 Å². The maximum absolute atomic E-state index is 14.5. The molecule has 0 unspecified atom stereocenters. The first-order valence-corrected chi connectivity index (χ1v) is 11.2. The SMILES string of the molecule is O=c1c2c(C(F)(F)F)c3c(=O)n(-c4c(F)c(F)c(F)c(F)c4F)c(=O)c3c(C(F)(F)F)c2c(=O)n1-c1c(F)c(F)c(F)c(F)c1F. The van der Waals surface area contributed by atoms with E-state index in [1.165, 1.54) is 0 Å². The molecule has 2 heterocycles. The molecule has 22 heteroatoms. The molecule has 0 spiro atoms. The Balaban J connectivity index is 2.19. The fraction of sp³-hybridized carbons (Fsp3) is 0.0833. The molecule has 0 radical (unpaired) electrons. The molecule has 5 rings (SSSR count). The van der Waals surface area contributed by atoms with E-state index in [-0.39, 0.29) is 0 Å². The third kappa shape index (κ3) is 3.93. The molecule has 46 heavy (non-hydrogen) atoms. The van der Waals surface area contributed by atoms with Crippen molar-refractivity contribution in [2.24, 2.45) is 0 Å². The topological polar surface area (TPSA) is 78.1 Å². The summed E-state index contributed by atoms with van der Waals surface area (Å²) in [6.45, 7) is 0. The average Bonchev–Trinajstić information content (AvgIpc) is 3.35. The van der Waals surface area contributed by atoms with E-state index in [1.54, 1.807) is 0 Å². The van der Waals surface area contributed by atoms with Gasteiger partial charge in [-0.05, 0) is 0 Å². The number of rotatable bonds is 2. The van der Waals surface area contributed by atoms with Gasteiger partial charge in [0.05, 0.1) is 32.7 Å². The van der Waals surface area contributed by atoms with Crippen LogP contribution in [0.4, 0.5) is 70.2 Å². The van der Waals surface area contributed by atoms with Gasteiger partial charge in [0.1, 0.15) is 11.4 Å². The molecule has 0 N–H and O–H groups in total. The number of alkyl halides is 6. The molecule has 0 amide bonds. The number of fused-ring (bicyclic) bond motifs is 2. The molecule has 0 atom stereocenters. The molecular formula is C24F16N2O4. The second kappa shape index (κ2) is 9.66. The van der Waals surface area contributed by atoms with Crippen LogP contribution in [-0.4, -0.2) is 9.13 Å². The second-order valence-corrected chi connectivity index (χ2v) is 8.97. The van der Waals surface area contributed by atoms with Gasteiger partial charge in [0.15, 0.2) is 46.5 Å². The Morgan fingerprint density at radius 2 is 0.500 bits per heavy atom. The van der Waals surface area contributed by atoms with Crippen LogP contribution in [0, 0.1) is 58.2 Å². The number of aromatic nitrogens is 2. The summed E-state index contributed by atoms with van der Waals surface area (Å²) in [5.41, 5.74) is -23.2. The highest BCUT2D eigenvalue weighted by molar-refractivity contribution is 6.07. The Kier molecular flexibility index (Phi) is 6.77. The Hall–Kier alpha value is -5.18. The quantitative estimate of drug-likeness (QED) is 0.143. The summed E-state index contributed by atoms with van der Waals surface area (Å²) in [6, 6.07) is 0. The molecule has 0 saturated heterocycles. The third-order valence-electron chi connectivity index (χ3n) is 6.56. The minimum absolute atomic E-state index is 1.35. The number of halogens is 16. The Morgan fingerprint density at radius 1 is 0.326 bits per heavy atom. The fourth-order valence-corrected chi connectivity index (χ4v) is 4.79. The van der Waals surface area contributed by atoms with Gasteiger partial charge in [-0.25, -0.2) is 53.0 Å². The smallest absolute Gasteiger partial charge is 0.268 e. The van der Waals surface area contributed by atoms with Crippen molar-refractivity contribution < 1.29 is 70.2 Å². The predicted octanol–water partition coefficient (Wildman–Crippen LogP) is 5.32. The summed E-state index contributed by atoms with van der Waals surface area (Å²) < 4.78 is 224. The van der Waals surface area contributed by atoms with Crippen molar-refractivity contribution in [3.63, 3.8) is 0 Å². The zero-order valence-electron chi connectivity index (χ0n) is 20.6. The molecule has 5 aromatic rings. The molecular weight excluding hydrogens is 684 g/mol. The molecule has 0 aliphatic carbocycles. The number of hydrogen-bond donors (Lipinski definition) is 0. The summed E-state index contributed by atoms with van der Waals surface area (Å²) in [7, 11) is 0.